The number of carbonyl (C=O) groups is 2. The topological polar surface area (TPSA) is 82.0 Å². The van der Waals surface area contributed by atoms with Gasteiger partial charge in [0.2, 0.25) is 5.91 Å². The standard InChI is InChI=1S/C32H29N3O2S2/c1-20-8-6-11-23(16-20)30(36)34-24-12-7-13-25(18-24)38-29(22-9-4-3-5-10-22)31(37)35-32-27(19-33)26-15-14-21(2)17-28(26)39-32/h3-13,16,18,21,29H,14-15,17H2,1-2H3,(H,34,36)(H,35,37). The first-order valence-electron chi connectivity index (χ1n) is 13.0. The molecule has 2 atom stereocenters. The van der Waals surface area contributed by atoms with Crippen molar-refractivity contribution in [3.63, 3.8) is 0 Å². The Morgan fingerprint density at radius 2 is 1.82 bits per heavy atom. The van der Waals surface area contributed by atoms with Gasteiger partial charge in [-0.2, -0.15) is 5.26 Å². The van der Waals surface area contributed by atoms with Gasteiger partial charge in [0.15, 0.2) is 0 Å². The van der Waals surface area contributed by atoms with E-state index in [4.69, 9.17) is 0 Å². The number of thiophene rings is 1. The number of aryl methyl sites for hydroxylation is 1. The van der Waals surface area contributed by atoms with Crippen LogP contribution in [0.2, 0.25) is 0 Å². The fraction of sp³-hybridized carbons (Fsp3) is 0.219. The molecule has 5 rings (SSSR count). The van der Waals surface area contributed by atoms with Crippen molar-refractivity contribution in [3.8, 4) is 6.07 Å². The van der Waals surface area contributed by atoms with E-state index in [9.17, 15) is 14.9 Å². The van der Waals surface area contributed by atoms with Gasteiger partial charge in [0.25, 0.3) is 5.91 Å². The van der Waals surface area contributed by atoms with Crippen molar-refractivity contribution < 1.29 is 9.59 Å². The first-order chi connectivity index (χ1) is 18.9. The van der Waals surface area contributed by atoms with Crippen molar-refractivity contribution in [3.05, 3.63) is 112 Å². The minimum Gasteiger partial charge on any atom is -0.322 e. The molecule has 0 saturated heterocycles. The predicted molar refractivity (Wildman–Crippen MR) is 159 cm³/mol. The highest BCUT2D eigenvalue weighted by molar-refractivity contribution is 8.00. The van der Waals surface area contributed by atoms with Gasteiger partial charge >= 0.3 is 0 Å². The zero-order valence-corrected chi connectivity index (χ0v) is 23.5. The van der Waals surface area contributed by atoms with Gasteiger partial charge in [-0.25, -0.2) is 0 Å². The van der Waals surface area contributed by atoms with Crippen molar-refractivity contribution in [1.82, 2.24) is 0 Å². The minimum atomic E-state index is -0.543. The summed E-state index contributed by atoms with van der Waals surface area (Å²) in [6, 6.07) is 27.0. The van der Waals surface area contributed by atoms with E-state index in [-0.39, 0.29) is 11.8 Å². The number of fused-ring (bicyclic) bond motifs is 1. The lowest BCUT2D eigenvalue weighted by Gasteiger charge is -2.17. The maximum Gasteiger partial charge on any atom is 0.255 e. The van der Waals surface area contributed by atoms with E-state index in [1.807, 2.05) is 79.7 Å². The van der Waals surface area contributed by atoms with Crippen molar-refractivity contribution in [2.75, 3.05) is 10.6 Å². The second-order valence-electron chi connectivity index (χ2n) is 9.92. The molecule has 7 heteroatoms. The number of nitrogens with zero attached hydrogens (tertiary/aromatic N) is 1. The predicted octanol–water partition coefficient (Wildman–Crippen LogP) is 7.78. The molecule has 0 radical (unpaired) electrons. The number of nitrogens with one attached hydrogen (secondary N) is 2. The molecule has 1 aromatic heterocycles. The molecule has 196 valence electrons. The molecule has 3 aromatic carbocycles. The molecular formula is C32H29N3O2S2. The zero-order valence-electron chi connectivity index (χ0n) is 21.9. The number of hydrogen-bond acceptors (Lipinski definition) is 5. The number of amides is 2. The molecule has 2 unspecified atom stereocenters. The van der Waals surface area contributed by atoms with Crippen LogP contribution in [0.1, 0.15) is 56.1 Å². The molecular weight excluding hydrogens is 523 g/mol. The maximum atomic E-state index is 13.7. The quantitative estimate of drug-likeness (QED) is 0.230. The first-order valence-corrected chi connectivity index (χ1v) is 14.7. The fourth-order valence-corrected chi connectivity index (χ4v) is 7.26. The number of rotatable bonds is 7. The Labute approximate surface area is 237 Å². The number of hydrogen-bond donors (Lipinski definition) is 2. The summed E-state index contributed by atoms with van der Waals surface area (Å²) in [5.74, 6) is 0.222. The van der Waals surface area contributed by atoms with E-state index in [0.29, 0.717) is 27.7 Å². The number of nitriles is 1. The summed E-state index contributed by atoms with van der Waals surface area (Å²) in [6.45, 7) is 4.18. The van der Waals surface area contributed by atoms with Gasteiger partial charge in [-0.1, -0.05) is 61.0 Å². The Balaban J connectivity index is 1.38. The van der Waals surface area contributed by atoms with Gasteiger partial charge in [-0.05, 0) is 73.6 Å². The van der Waals surface area contributed by atoms with Crippen molar-refractivity contribution >= 4 is 45.6 Å². The van der Waals surface area contributed by atoms with Crippen LogP contribution < -0.4 is 10.6 Å². The van der Waals surface area contributed by atoms with E-state index in [2.05, 4.69) is 23.6 Å². The summed E-state index contributed by atoms with van der Waals surface area (Å²) in [6.07, 6.45) is 2.89. The normalized spacial score (nSPS) is 15.1. The summed E-state index contributed by atoms with van der Waals surface area (Å²) in [4.78, 5) is 28.6. The summed E-state index contributed by atoms with van der Waals surface area (Å²) in [5, 5.41) is 16.1. The molecule has 0 aliphatic heterocycles. The van der Waals surface area contributed by atoms with Crippen molar-refractivity contribution in [2.45, 2.75) is 43.3 Å². The van der Waals surface area contributed by atoms with E-state index < -0.39 is 5.25 Å². The Morgan fingerprint density at radius 1 is 1.03 bits per heavy atom. The average molecular weight is 552 g/mol. The SMILES string of the molecule is Cc1cccc(C(=O)Nc2cccc(SC(C(=O)Nc3sc4c(c3C#N)CCC(C)C4)c3ccccc3)c2)c1. The summed E-state index contributed by atoms with van der Waals surface area (Å²) >= 11 is 2.95. The number of thioether (sulfide) groups is 1. The lowest BCUT2D eigenvalue weighted by Crippen LogP contribution is -2.19. The van der Waals surface area contributed by atoms with E-state index in [1.165, 1.54) is 28.0 Å². The third-order valence-corrected chi connectivity index (χ3v) is 9.24. The number of benzene rings is 3. The third-order valence-electron chi connectivity index (χ3n) is 6.83. The molecule has 39 heavy (non-hydrogen) atoms. The highest BCUT2D eigenvalue weighted by atomic mass is 32.2. The number of carbonyl (C=O) groups excluding carboxylic acids is 2. The Morgan fingerprint density at radius 3 is 2.59 bits per heavy atom. The summed E-state index contributed by atoms with van der Waals surface area (Å²) in [5.41, 5.74) is 4.83. The van der Waals surface area contributed by atoms with Crippen LogP contribution in [-0.2, 0) is 17.6 Å². The van der Waals surface area contributed by atoms with Gasteiger partial charge in [0.05, 0.1) is 5.56 Å². The molecule has 2 N–H and O–H groups in total. The van der Waals surface area contributed by atoms with Gasteiger partial charge in [0.1, 0.15) is 16.3 Å². The molecule has 1 aliphatic carbocycles. The Hall–Kier alpha value is -3.86. The average Bonchev–Trinajstić information content (AvgIpc) is 3.28. The molecule has 0 saturated carbocycles. The monoisotopic (exact) mass is 551 g/mol. The largest absolute Gasteiger partial charge is 0.322 e. The Kier molecular flexibility index (Phi) is 8.16. The van der Waals surface area contributed by atoms with E-state index in [0.717, 1.165) is 40.8 Å². The minimum absolute atomic E-state index is 0.177. The van der Waals surface area contributed by atoms with Crippen LogP contribution in [0.25, 0.3) is 0 Å². The molecule has 1 aliphatic rings. The van der Waals surface area contributed by atoms with Crippen LogP contribution in [0, 0.1) is 24.2 Å². The molecule has 4 aromatic rings. The second kappa shape index (κ2) is 11.9. The molecule has 1 heterocycles. The van der Waals surface area contributed by atoms with E-state index >= 15 is 0 Å². The third kappa shape index (κ3) is 6.25. The lowest BCUT2D eigenvalue weighted by molar-refractivity contribution is -0.115. The molecule has 0 bridgehead atoms. The van der Waals surface area contributed by atoms with Crippen LogP contribution in [0.4, 0.5) is 10.7 Å². The highest BCUT2D eigenvalue weighted by Gasteiger charge is 2.28. The molecule has 2 amide bonds. The smallest absolute Gasteiger partial charge is 0.255 e. The fourth-order valence-electron chi connectivity index (χ4n) is 4.81. The molecule has 0 fully saturated rings. The molecule has 0 spiro atoms. The van der Waals surface area contributed by atoms with Crippen molar-refractivity contribution in [1.29, 1.82) is 5.26 Å². The highest BCUT2D eigenvalue weighted by Crippen LogP contribution is 2.42. The van der Waals surface area contributed by atoms with Gasteiger partial charge in [-0.3, -0.25) is 9.59 Å². The maximum absolute atomic E-state index is 13.7. The van der Waals surface area contributed by atoms with Crippen LogP contribution in [0.5, 0.6) is 0 Å². The molecule has 5 nitrogen and oxygen atoms in total. The Bertz CT molecular complexity index is 1560. The van der Waals surface area contributed by atoms with Crippen LogP contribution in [0.15, 0.2) is 83.8 Å². The lowest BCUT2D eigenvalue weighted by atomic mass is 9.88. The van der Waals surface area contributed by atoms with Gasteiger partial charge in [0, 0.05) is 21.0 Å². The number of anilines is 2. The van der Waals surface area contributed by atoms with E-state index in [1.54, 1.807) is 6.07 Å². The van der Waals surface area contributed by atoms with Crippen LogP contribution >= 0.6 is 23.1 Å². The van der Waals surface area contributed by atoms with Crippen LogP contribution in [0.3, 0.4) is 0 Å². The summed E-state index contributed by atoms with van der Waals surface area (Å²) in [7, 11) is 0. The van der Waals surface area contributed by atoms with Crippen molar-refractivity contribution in [2.24, 2.45) is 5.92 Å². The summed E-state index contributed by atoms with van der Waals surface area (Å²) < 4.78 is 0. The second-order valence-corrected chi connectivity index (χ2v) is 12.2. The van der Waals surface area contributed by atoms with Gasteiger partial charge < -0.3 is 10.6 Å². The van der Waals surface area contributed by atoms with Gasteiger partial charge in [-0.15, -0.1) is 23.1 Å². The zero-order chi connectivity index (χ0) is 27.4. The first kappa shape index (κ1) is 26.7. The van der Waals surface area contributed by atoms with Crippen LogP contribution in [-0.4, -0.2) is 11.8 Å².